The fourth-order valence-corrected chi connectivity index (χ4v) is 3.07. The first-order valence-electron chi connectivity index (χ1n) is 7.73. The van der Waals surface area contributed by atoms with E-state index in [0.29, 0.717) is 0 Å². The Hall–Kier alpha value is -2.99. The quantitative estimate of drug-likeness (QED) is 0.516. The Kier molecular flexibility index (Phi) is 5.20. The molecule has 126 valence electrons. The lowest BCUT2D eigenvalue weighted by atomic mass is 9.97. The molecule has 0 spiro atoms. The Morgan fingerprint density at radius 1 is 1.24 bits per heavy atom. The number of rotatable bonds is 6. The lowest BCUT2D eigenvalue weighted by molar-refractivity contribution is -0.136. The number of hydrazone groups is 1. The average molecular weight is 351 g/mol. The number of carbonyl (C=O) groups is 1. The number of thiazole rings is 1. The predicted octanol–water partition coefficient (Wildman–Crippen LogP) is 4.19. The van der Waals surface area contributed by atoms with Crippen LogP contribution < -0.4 is 5.43 Å². The maximum absolute atomic E-state index is 11.0. The summed E-state index contributed by atoms with van der Waals surface area (Å²) in [5.41, 5.74) is 7.53. The molecule has 25 heavy (non-hydrogen) atoms. The summed E-state index contributed by atoms with van der Waals surface area (Å²) in [5.74, 6) is -0.834. The normalized spacial score (nSPS) is 10.9. The molecular formula is C19H17N3O2S. The molecule has 1 aromatic heterocycles. The zero-order valence-corrected chi connectivity index (χ0v) is 14.5. The number of carboxylic acids is 1. The van der Waals surface area contributed by atoms with Gasteiger partial charge < -0.3 is 5.11 Å². The maximum Gasteiger partial charge on any atom is 0.307 e. The SMILES string of the molecule is Cc1csc(NN=Cc2ccc(-c3ccccc3CC(=O)O)cc2)n1. The molecule has 0 bridgehead atoms. The van der Waals surface area contributed by atoms with Crippen LogP contribution in [0, 0.1) is 6.92 Å². The van der Waals surface area contributed by atoms with Crippen molar-refractivity contribution in [2.45, 2.75) is 13.3 Å². The number of aromatic nitrogens is 1. The van der Waals surface area contributed by atoms with E-state index in [1.54, 1.807) is 6.21 Å². The highest BCUT2D eigenvalue weighted by Crippen LogP contribution is 2.24. The molecule has 0 aliphatic heterocycles. The Morgan fingerprint density at radius 3 is 2.68 bits per heavy atom. The molecule has 2 aromatic carbocycles. The van der Waals surface area contributed by atoms with E-state index in [9.17, 15) is 4.79 Å². The van der Waals surface area contributed by atoms with E-state index >= 15 is 0 Å². The molecule has 2 N–H and O–H groups in total. The number of benzene rings is 2. The van der Waals surface area contributed by atoms with E-state index in [0.717, 1.165) is 33.1 Å². The third-order valence-corrected chi connectivity index (χ3v) is 4.44. The summed E-state index contributed by atoms with van der Waals surface area (Å²) in [6.07, 6.45) is 1.74. The first-order valence-corrected chi connectivity index (χ1v) is 8.61. The minimum Gasteiger partial charge on any atom is -0.481 e. The van der Waals surface area contributed by atoms with E-state index in [2.05, 4.69) is 15.5 Å². The molecule has 0 saturated heterocycles. The van der Waals surface area contributed by atoms with E-state index in [1.165, 1.54) is 11.3 Å². The van der Waals surface area contributed by atoms with Crippen LogP contribution in [0.3, 0.4) is 0 Å². The predicted molar refractivity (Wildman–Crippen MR) is 101 cm³/mol. The zero-order valence-electron chi connectivity index (χ0n) is 13.6. The molecule has 1 heterocycles. The van der Waals surface area contributed by atoms with E-state index < -0.39 is 5.97 Å². The van der Waals surface area contributed by atoms with Crippen molar-refractivity contribution in [3.8, 4) is 11.1 Å². The molecule has 0 amide bonds. The largest absolute Gasteiger partial charge is 0.481 e. The second-order valence-corrected chi connectivity index (χ2v) is 6.37. The van der Waals surface area contributed by atoms with Gasteiger partial charge in [-0.3, -0.25) is 10.2 Å². The van der Waals surface area contributed by atoms with Crippen molar-refractivity contribution >= 4 is 28.7 Å². The second kappa shape index (κ2) is 7.72. The van der Waals surface area contributed by atoms with Gasteiger partial charge in [-0.2, -0.15) is 5.10 Å². The van der Waals surface area contributed by atoms with Gasteiger partial charge >= 0.3 is 5.97 Å². The fraction of sp³-hybridized carbons (Fsp3) is 0.105. The van der Waals surface area contributed by atoms with Crippen molar-refractivity contribution in [1.82, 2.24) is 4.98 Å². The fourth-order valence-electron chi connectivity index (χ4n) is 2.44. The van der Waals surface area contributed by atoms with Crippen molar-refractivity contribution in [3.63, 3.8) is 0 Å². The van der Waals surface area contributed by atoms with Gasteiger partial charge in [0.1, 0.15) is 0 Å². The van der Waals surface area contributed by atoms with E-state index in [1.807, 2.05) is 60.8 Å². The molecule has 0 radical (unpaired) electrons. The highest BCUT2D eigenvalue weighted by Gasteiger charge is 2.07. The minimum absolute atomic E-state index is 0.0104. The van der Waals surface area contributed by atoms with Crippen LogP contribution in [0.1, 0.15) is 16.8 Å². The van der Waals surface area contributed by atoms with Gasteiger partial charge in [0.05, 0.1) is 18.3 Å². The number of anilines is 1. The zero-order chi connectivity index (χ0) is 17.6. The van der Waals surface area contributed by atoms with Crippen LogP contribution in [-0.4, -0.2) is 22.3 Å². The van der Waals surface area contributed by atoms with E-state index in [-0.39, 0.29) is 6.42 Å². The van der Waals surface area contributed by atoms with Gasteiger partial charge in [-0.25, -0.2) is 4.98 Å². The average Bonchev–Trinajstić information content (AvgIpc) is 3.01. The van der Waals surface area contributed by atoms with Crippen molar-refractivity contribution in [3.05, 3.63) is 70.7 Å². The smallest absolute Gasteiger partial charge is 0.307 e. The van der Waals surface area contributed by atoms with Crippen molar-refractivity contribution in [2.24, 2.45) is 5.10 Å². The molecule has 3 rings (SSSR count). The standard InChI is InChI=1S/C19H17N3O2S/c1-13-12-25-19(21-13)22-20-11-14-6-8-15(9-7-14)17-5-3-2-4-16(17)10-18(23)24/h2-9,11-12H,10H2,1H3,(H,21,22)(H,23,24). The van der Waals surface area contributed by atoms with Gasteiger partial charge in [0.15, 0.2) is 0 Å². The highest BCUT2D eigenvalue weighted by atomic mass is 32.1. The van der Waals surface area contributed by atoms with Crippen molar-refractivity contribution in [2.75, 3.05) is 5.43 Å². The number of aryl methyl sites for hydroxylation is 1. The molecule has 0 fully saturated rings. The minimum atomic E-state index is -0.834. The number of nitrogens with one attached hydrogen (secondary N) is 1. The third kappa shape index (κ3) is 4.51. The molecule has 5 nitrogen and oxygen atoms in total. The summed E-state index contributed by atoms with van der Waals surface area (Å²) in [4.78, 5) is 15.3. The van der Waals surface area contributed by atoms with Crippen LogP contribution in [0.15, 0.2) is 59.0 Å². The molecular weight excluding hydrogens is 334 g/mol. The molecule has 0 aliphatic rings. The summed E-state index contributed by atoms with van der Waals surface area (Å²) >= 11 is 1.51. The van der Waals surface area contributed by atoms with Gasteiger partial charge in [0, 0.05) is 5.38 Å². The lowest BCUT2D eigenvalue weighted by Crippen LogP contribution is -2.01. The summed E-state index contributed by atoms with van der Waals surface area (Å²) < 4.78 is 0. The molecule has 0 saturated carbocycles. The second-order valence-electron chi connectivity index (χ2n) is 5.51. The first-order chi connectivity index (χ1) is 12.1. The van der Waals surface area contributed by atoms with E-state index in [4.69, 9.17) is 5.11 Å². The first kappa shape index (κ1) is 16.9. The number of carboxylic acid groups (broad SMARTS) is 1. The Balaban J connectivity index is 1.73. The third-order valence-electron chi connectivity index (χ3n) is 3.57. The molecule has 0 unspecified atom stereocenters. The number of nitrogens with zero attached hydrogens (tertiary/aromatic N) is 2. The molecule has 0 aliphatic carbocycles. The summed E-state index contributed by atoms with van der Waals surface area (Å²) in [5, 5.41) is 15.9. The van der Waals surface area contributed by atoms with Crippen molar-refractivity contribution < 1.29 is 9.90 Å². The maximum atomic E-state index is 11.0. The van der Waals surface area contributed by atoms with Crippen LogP contribution in [0.4, 0.5) is 5.13 Å². The van der Waals surface area contributed by atoms with Gasteiger partial charge in [-0.05, 0) is 29.2 Å². The van der Waals surface area contributed by atoms with Crippen LogP contribution in [0.25, 0.3) is 11.1 Å². The monoisotopic (exact) mass is 351 g/mol. The summed E-state index contributed by atoms with van der Waals surface area (Å²) in [6, 6.07) is 15.4. The number of aliphatic carboxylic acids is 1. The Labute approximate surface area is 149 Å². The molecule has 6 heteroatoms. The molecule has 3 aromatic rings. The Bertz CT molecular complexity index is 901. The number of hydrogen-bond donors (Lipinski definition) is 2. The van der Waals surface area contributed by atoms with Crippen molar-refractivity contribution in [1.29, 1.82) is 0 Å². The van der Waals surface area contributed by atoms with Gasteiger partial charge in [-0.15, -0.1) is 11.3 Å². The van der Waals surface area contributed by atoms with Crippen LogP contribution in [-0.2, 0) is 11.2 Å². The van der Waals surface area contributed by atoms with Crippen LogP contribution in [0.2, 0.25) is 0 Å². The summed E-state index contributed by atoms with van der Waals surface area (Å²) in [6.45, 7) is 1.94. The number of hydrogen-bond acceptors (Lipinski definition) is 5. The summed E-state index contributed by atoms with van der Waals surface area (Å²) in [7, 11) is 0. The van der Waals surface area contributed by atoms with Gasteiger partial charge in [0.25, 0.3) is 0 Å². The van der Waals surface area contributed by atoms with Gasteiger partial charge in [0.2, 0.25) is 5.13 Å². The topological polar surface area (TPSA) is 74.6 Å². The Morgan fingerprint density at radius 2 is 2.00 bits per heavy atom. The van der Waals surface area contributed by atoms with Gasteiger partial charge in [-0.1, -0.05) is 48.5 Å². The van der Waals surface area contributed by atoms with Crippen LogP contribution >= 0.6 is 11.3 Å². The highest BCUT2D eigenvalue weighted by molar-refractivity contribution is 7.13. The molecule has 0 atom stereocenters. The lowest BCUT2D eigenvalue weighted by Gasteiger charge is -2.08. The van der Waals surface area contributed by atoms with Crippen LogP contribution in [0.5, 0.6) is 0 Å².